The molecule has 0 fully saturated rings. The third-order valence-electron chi connectivity index (χ3n) is 2.55. The zero-order valence-electron chi connectivity index (χ0n) is 10.7. The number of carbonyl (C=O) groups is 1. The van der Waals surface area contributed by atoms with Crippen LogP contribution in [0.4, 0.5) is 11.4 Å². The molecule has 7 nitrogen and oxygen atoms in total. The summed E-state index contributed by atoms with van der Waals surface area (Å²) in [5.41, 5.74) is 6.12. The van der Waals surface area contributed by atoms with Crippen LogP contribution in [0.5, 0.6) is 0 Å². The van der Waals surface area contributed by atoms with Gasteiger partial charge in [0, 0.05) is 28.4 Å². The van der Waals surface area contributed by atoms with Crippen LogP contribution in [-0.2, 0) is 6.42 Å². The number of carbonyl (C=O) groups excluding carboxylic acids is 1. The molecule has 1 heterocycles. The van der Waals surface area contributed by atoms with Crippen LogP contribution >= 0.6 is 27.3 Å². The number of halogens is 1. The zero-order chi connectivity index (χ0) is 15.4. The van der Waals surface area contributed by atoms with E-state index in [-0.39, 0.29) is 11.6 Å². The lowest BCUT2D eigenvalue weighted by atomic mass is 10.3. The first-order chi connectivity index (χ1) is 10.0. The van der Waals surface area contributed by atoms with E-state index in [0.29, 0.717) is 28.8 Å². The summed E-state index contributed by atoms with van der Waals surface area (Å²) in [6, 6.07) is 4.12. The van der Waals surface area contributed by atoms with Gasteiger partial charge in [0.25, 0.3) is 11.6 Å². The molecular weight excluding hydrogens is 360 g/mol. The van der Waals surface area contributed by atoms with Crippen molar-refractivity contribution in [2.45, 2.75) is 6.42 Å². The molecule has 0 radical (unpaired) electrons. The van der Waals surface area contributed by atoms with Crippen molar-refractivity contribution in [3.8, 4) is 0 Å². The van der Waals surface area contributed by atoms with Crippen molar-refractivity contribution in [1.82, 2.24) is 4.98 Å². The van der Waals surface area contributed by atoms with Gasteiger partial charge in [0.2, 0.25) is 0 Å². The van der Waals surface area contributed by atoms with E-state index < -0.39 is 4.92 Å². The van der Waals surface area contributed by atoms with Crippen molar-refractivity contribution in [3.63, 3.8) is 0 Å². The summed E-state index contributed by atoms with van der Waals surface area (Å²) < 4.78 is 0.433. The van der Waals surface area contributed by atoms with Crippen LogP contribution in [0.25, 0.3) is 0 Å². The van der Waals surface area contributed by atoms with Gasteiger partial charge in [-0.1, -0.05) is 0 Å². The Hall–Kier alpha value is -1.84. The summed E-state index contributed by atoms with van der Waals surface area (Å²) >= 11 is 4.56. The second-order valence-electron chi connectivity index (χ2n) is 4.04. The van der Waals surface area contributed by atoms with Crippen molar-refractivity contribution < 1.29 is 9.72 Å². The van der Waals surface area contributed by atoms with Crippen LogP contribution in [-0.4, -0.2) is 22.4 Å². The molecule has 0 atom stereocenters. The Balaban J connectivity index is 2.13. The molecule has 0 aliphatic heterocycles. The van der Waals surface area contributed by atoms with Crippen LogP contribution in [0.1, 0.15) is 15.5 Å². The number of hydrogen-bond donors (Lipinski definition) is 2. The van der Waals surface area contributed by atoms with E-state index >= 15 is 0 Å². The van der Waals surface area contributed by atoms with E-state index in [1.807, 2.05) is 0 Å². The molecule has 0 aliphatic rings. The Kier molecular flexibility index (Phi) is 4.99. The number of nitrogens with one attached hydrogen (secondary N) is 1. The van der Waals surface area contributed by atoms with Gasteiger partial charge in [0.05, 0.1) is 15.6 Å². The normalized spacial score (nSPS) is 10.4. The van der Waals surface area contributed by atoms with Crippen molar-refractivity contribution in [3.05, 3.63) is 48.9 Å². The average molecular weight is 371 g/mol. The number of non-ortho nitro benzene ring substituents is 1. The number of amides is 1. The predicted octanol–water partition coefficient (Wildman–Crippen LogP) is 2.57. The highest BCUT2D eigenvalue weighted by atomic mass is 79.9. The number of nitrogens with two attached hydrogens (primary N) is 1. The summed E-state index contributed by atoms with van der Waals surface area (Å²) in [7, 11) is 0. The number of aromatic nitrogens is 1. The number of benzene rings is 1. The predicted molar refractivity (Wildman–Crippen MR) is 83.6 cm³/mol. The Morgan fingerprint density at radius 1 is 1.52 bits per heavy atom. The molecule has 0 bridgehead atoms. The molecular formula is C12H11BrN4O3S. The Bertz CT molecular complexity index is 689. The van der Waals surface area contributed by atoms with Crippen LogP contribution in [0.15, 0.2) is 28.1 Å². The van der Waals surface area contributed by atoms with Crippen LogP contribution in [0, 0.1) is 10.1 Å². The van der Waals surface area contributed by atoms with E-state index in [1.165, 1.54) is 29.5 Å². The first kappa shape index (κ1) is 15.5. The maximum Gasteiger partial charge on any atom is 0.275 e. The quantitative estimate of drug-likeness (QED) is 0.620. The standard InChI is InChI=1S/C12H11BrN4O3S/c13-8-5-7(17(19)20)1-2-9(8)16-12(18)10-6-21-11(15-10)3-4-14/h1-2,5-6H,3-4,14H2,(H,16,18). The number of nitrogens with zero attached hydrogens (tertiary/aromatic N) is 2. The summed E-state index contributed by atoms with van der Waals surface area (Å²) in [4.78, 5) is 26.4. The van der Waals surface area contributed by atoms with Gasteiger partial charge in [0.1, 0.15) is 5.69 Å². The van der Waals surface area contributed by atoms with Gasteiger partial charge < -0.3 is 11.1 Å². The second-order valence-corrected chi connectivity index (χ2v) is 5.84. The first-order valence-electron chi connectivity index (χ1n) is 5.91. The number of hydrogen-bond acceptors (Lipinski definition) is 6. The maximum atomic E-state index is 12.0. The van der Waals surface area contributed by atoms with Crippen molar-refractivity contribution in [1.29, 1.82) is 0 Å². The molecule has 1 aromatic heterocycles. The molecule has 3 N–H and O–H groups in total. The lowest BCUT2D eigenvalue weighted by molar-refractivity contribution is -0.384. The topological polar surface area (TPSA) is 111 Å². The second kappa shape index (κ2) is 6.74. The highest BCUT2D eigenvalue weighted by Crippen LogP contribution is 2.27. The molecule has 2 aromatic rings. The minimum atomic E-state index is -0.504. The summed E-state index contributed by atoms with van der Waals surface area (Å²) in [6.07, 6.45) is 0.624. The lowest BCUT2D eigenvalue weighted by Crippen LogP contribution is -2.13. The maximum absolute atomic E-state index is 12.0. The largest absolute Gasteiger partial charge is 0.330 e. The fraction of sp³-hybridized carbons (Fsp3) is 0.167. The fourth-order valence-electron chi connectivity index (χ4n) is 1.56. The third-order valence-corrected chi connectivity index (χ3v) is 4.12. The molecule has 0 unspecified atom stereocenters. The third kappa shape index (κ3) is 3.84. The van der Waals surface area contributed by atoms with E-state index in [9.17, 15) is 14.9 Å². The van der Waals surface area contributed by atoms with E-state index in [0.717, 1.165) is 5.01 Å². The molecule has 1 amide bonds. The minimum Gasteiger partial charge on any atom is -0.330 e. The molecule has 0 saturated carbocycles. The molecule has 21 heavy (non-hydrogen) atoms. The lowest BCUT2D eigenvalue weighted by Gasteiger charge is -2.05. The SMILES string of the molecule is NCCc1nc(C(=O)Nc2ccc([N+](=O)[O-])cc2Br)cs1. The molecule has 9 heteroatoms. The monoisotopic (exact) mass is 370 g/mol. The molecule has 110 valence electrons. The van der Waals surface area contributed by atoms with E-state index in [2.05, 4.69) is 26.2 Å². The van der Waals surface area contributed by atoms with E-state index in [4.69, 9.17) is 5.73 Å². The Labute approximate surface area is 132 Å². The van der Waals surface area contributed by atoms with Crippen LogP contribution in [0.3, 0.4) is 0 Å². The smallest absolute Gasteiger partial charge is 0.275 e. The molecule has 1 aromatic carbocycles. The first-order valence-corrected chi connectivity index (χ1v) is 7.58. The number of anilines is 1. The average Bonchev–Trinajstić information content (AvgIpc) is 2.90. The number of nitro benzene ring substituents is 1. The summed E-state index contributed by atoms with van der Waals surface area (Å²) in [6.45, 7) is 0.475. The van der Waals surface area contributed by atoms with Crippen LogP contribution < -0.4 is 11.1 Å². The van der Waals surface area contributed by atoms with Gasteiger partial charge in [-0.15, -0.1) is 11.3 Å². The van der Waals surface area contributed by atoms with Crippen LogP contribution in [0.2, 0.25) is 0 Å². The van der Waals surface area contributed by atoms with Crippen molar-refractivity contribution in [2.75, 3.05) is 11.9 Å². The van der Waals surface area contributed by atoms with Gasteiger partial charge in [-0.05, 0) is 28.5 Å². The highest BCUT2D eigenvalue weighted by Gasteiger charge is 2.14. The highest BCUT2D eigenvalue weighted by molar-refractivity contribution is 9.10. The Morgan fingerprint density at radius 3 is 2.90 bits per heavy atom. The van der Waals surface area contributed by atoms with Crippen molar-refractivity contribution in [2.24, 2.45) is 5.73 Å². The van der Waals surface area contributed by atoms with Gasteiger partial charge in [-0.3, -0.25) is 14.9 Å². The molecule has 2 rings (SSSR count). The fourth-order valence-corrected chi connectivity index (χ4v) is 2.82. The zero-order valence-corrected chi connectivity index (χ0v) is 13.1. The van der Waals surface area contributed by atoms with Gasteiger partial charge in [0.15, 0.2) is 0 Å². The van der Waals surface area contributed by atoms with Gasteiger partial charge in [-0.2, -0.15) is 0 Å². The summed E-state index contributed by atoms with van der Waals surface area (Å²) in [5, 5.41) is 15.8. The Morgan fingerprint density at radius 2 is 2.29 bits per heavy atom. The van der Waals surface area contributed by atoms with Gasteiger partial charge >= 0.3 is 0 Å². The molecule has 0 spiro atoms. The van der Waals surface area contributed by atoms with Crippen molar-refractivity contribution >= 4 is 44.5 Å². The minimum absolute atomic E-state index is 0.0567. The number of rotatable bonds is 5. The van der Waals surface area contributed by atoms with E-state index in [1.54, 1.807) is 5.38 Å². The number of nitro groups is 1. The number of thiazole rings is 1. The van der Waals surface area contributed by atoms with Gasteiger partial charge in [-0.25, -0.2) is 4.98 Å². The summed E-state index contributed by atoms with van der Waals surface area (Å²) in [5.74, 6) is -0.371. The molecule has 0 aliphatic carbocycles. The molecule has 0 saturated heterocycles.